The second-order valence-electron chi connectivity index (χ2n) is 6.23. The van der Waals surface area contributed by atoms with Crippen molar-refractivity contribution in [3.05, 3.63) is 10.6 Å². The molecule has 0 aliphatic rings. The van der Waals surface area contributed by atoms with Crippen molar-refractivity contribution in [1.29, 1.82) is 0 Å². The van der Waals surface area contributed by atoms with Crippen molar-refractivity contribution in [3.63, 3.8) is 0 Å². The summed E-state index contributed by atoms with van der Waals surface area (Å²) in [5.74, 6) is 0.666. The van der Waals surface area contributed by atoms with Gasteiger partial charge in [0, 0.05) is 18.5 Å². The summed E-state index contributed by atoms with van der Waals surface area (Å²) in [4.78, 5) is 8.13. The van der Waals surface area contributed by atoms with Gasteiger partial charge in [-0.1, -0.05) is 52.4 Å². The van der Waals surface area contributed by atoms with E-state index >= 15 is 0 Å². The molecule has 1 aromatic heterocycles. The molecule has 1 atom stereocenters. The van der Waals surface area contributed by atoms with E-state index in [1.807, 2.05) is 0 Å². The Balaban J connectivity index is 3.02. The summed E-state index contributed by atoms with van der Waals surface area (Å²) in [7, 11) is 0. The van der Waals surface area contributed by atoms with Gasteiger partial charge in [0.05, 0.1) is 17.2 Å². The Morgan fingerprint density at radius 3 is 2.32 bits per heavy atom. The maximum atomic E-state index is 9.53. The molecule has 1 aromatic rings. The lowest BCUT2D eigenvalue weighted by Gasteiger charge is -2.23. The Bertz CT molecular complexity index is 395. The Labute approximate surface area is 121 Å². The number of rotatable bonds is 6. The zero-order chi connectivity index (χ0) is 14.6. The van der Waals surface area contributed by atoms with Gasteiger partial charge in [-0.2, -0.15) is 0 Å². The number of thiazole rings is 1. The highest BCUT2D eigenvalue weighted by Crippen LogP contribution is 2.34. The lowest BCUT2D eigenvalue weighted by Crippen LogP contribution is -2.28. The predicted octanol–water partition coefficient (Wildman–Crippen LogP) is 3.81. The van der Waals surface area contributed by atoms with Crippen LogP contribution >= 0.6 is 11.3 Å². The minimum absolute atomic E-state index is 0.0113. The third-order valence-electron chi connectivity index (χ3n) is 3.42. The van der Waals surface area contributed by atoms with Gasteiger partial charge in [-0.05, 0) is 12.8 Å². The first-order valence-corrected chi connectivity index (χ1v) is 8.01. The van der Waals surface area contributed by atoms with Gasteiger partial charge in [0.25, 0.3) is 0 Å². The normalized spacial score (nSPS) is 13.6. The van der Waals surface area contributed by atoms with E-state index < -0.39 is 0 Å². The van der Waals surface area contributed by atoms with Gasteiger partial charge in [0.1, 0.15) is 0 Å². The van der Waals surface area contributed by atoms with E-state index in [-0.39, 0.29) is 12.0 Å². The zero-order valence-electron chi connectivity index (χ0n) is 13.2. The Morgan fingerprint density at radius 1 is 1.32 bits per heavy atom. The van der Waals surface area contributed by atoms with Gasteiger partial charge in [0.2, 0.25) is 0 Å². The minimum atomic E-state index is -0.0113. The molecule has 0 spiro atoms. The van der Waals surface area contributed by atoms with Crippen molar-refractivity contribution in [3.8, 4) is 0 Å². The summed E-state index contributed by atoms with van der Waals surface area (Å²) < 4.78 is 0. The first-order chi connectivity index (χ1) is 8.83. The van der Waals surface area contributed by atoms with Gasteiger partial charge in [-0.3, -0.25) is 0 Å². The van der Waals surface area contributed by atoms with E-state index in [1.54, 1.807) is 11.3 Å². The molecule has 0 bridgehead atoms. The lowest BCUT2D eigenvalue weighted by atomic mass is 9.91. The summed E-state index contributed by atoms with van der Waals surface area (Å²) in [5.41, 5.74) is 1.03. The molecule has 0 amide bonds. The van der Waals surface area contributed by atoms with Crippen molar-refractivity contribution in [2.75, 3.05) is 18.0 Å². The molecule has 0 fully saturated rings. The van der Waals surface area contributed by atoms with Crippen molar-refractivity contribution in [1.82, 2.24) is 4.98 Å². The number of hydrogen-bond donors (Lipinski definition) is 1. The molecule has 0 aliphatic carbocycles. The fraction of sp³-hybridized carbons (Fsp3) is 0.800. The average molecular weight is 284 g/mol. The van der Waals surface area contributed by atoms with Crippen LogP contribution in [0.2, 0.25) is 0 Å². The highest BCUT2D eigenvalue weighted by molar-refractivity contribution is 7.15. The average Bonchev–Trinajstić information content (AvgIpc) is 2.79. The van der Waals surface area contributed by atoms with Gasteiger partial charge in [0.15, 0.2) is 5.13 Å². The molecule has 1 unspecified atom stereocenters. The topological polar surface area (TPSA) is 36.4 Å². The fourth-order valence-electron chi connectivity index (χ4n) is 2.02. The molecule has 4 heteroatoms. The van der Waals surface area contributed by atoms with Gasteiger partial charge >= 0.3 is 0 Å². The van der Waals surface area contributed by atoms with Crippen LogP contribution in [-0.2, 0) is 12.0 Å². The smallest absolute Gasteiger partial charge is 0.185 e. The third kappa shape index (κ3) is 4.18. The number of aliphatic hydroxyl groups excluding tert-OH is 1. The summed E-state index contributed by atoms with van der Waals surface area (Å²) in [6, 6.07) is 0. The van der Waals surface area contributed by atoms with Gasteiger partial charge < -0.3 is 10.0 Å². The van der Waals surface area contributed by atoms with Crippen LogP contribution in [0.15, 0.2) is 0 Å². The van der Waals surface area contributed by atoms with Crippen LogP contribution < -0.4 is 4.90 Å². The Kier molecular flexibility index (Phi) is 5.81. The molecule has 0 aliphatic heterocycles. The molecule has 0 saturated heterocycles. The summed E-state index contributed by atoms with van der Waals surface area (Å²) in [6.07, 6.45) is 1.18. The second-order valence-corrected chi connectivity index (χ2v) is 7.29. The van der Waals surface area contributed by atoms with E-state index in [0.717, 1.165) is 28.8 Å². The van der Waals surface area contributed by atoms with Crippen molar-refractivity contribution >= 4 is 16.5 Å². The Hall–Kier alpha value is -0.610. The maximum Gasteiger partial charge on any atom is 0.185 e. The first-order valence-electron chi connectivity index (χ1n) is 7.19. The predicted molar refractivity (Wildman–Crippen MR) is 84.1 cm³/mol. The SMILES string of the molecule is CCC(C)CN(CC)c1nc(C(C)(C)C)c(CO)s1. The molecular formula is C15H28N2OS. The quantitative estimate of drug-likeness (QED) is 0.863. The Morgan fingerprint density at radius 2 is 1.95 bits per heavy atom. The van der Waals surface area contributed by atoms with Gasteiger partial charge in [-0.15, -0.1) is 0 Å². The molecule has 110 valence electrons. The lowest BCUT2D eigenvalue weighted by molar-refractivity contribution is 0.282. The van der Waals surface area contributed by atoms with Crippen LogP contribution in [0.1, 0.15) is 58.5 Å². The monoisotopic (exact) mass is 284 g/mol. The standard InChI is InChI=1S/C15H28N2OS/c1-7-11(3)9-17(8-2)14-16-13(15(4,5)6)12(10-18)19-14/h11,18H,7-10H2,1-6H3. The number of aromatic nitrogens is 1. The third-order valence-corrected chi connectivity index (χ3v) is 4.52. The zero-order valence-corrected chi connectivity index (χ0v) is 14.0. The van der Waals surface area contributed by atoms with E-state index in [2.05, 4.69) is 46.4 Å². The molecule has 0 saturated carbocycles. The summed E-state index contributed by atoms with van der Waals surface area (Å²) in [5, 5.41) is 10.6. The van der Waals surface area contributed by atoms with E-state index in [9.17, 15) is 5.11 Å². The van der Waals surface area contributed by atoms with Crippen molar-refractivity contribution in [2.45, 2.75) is 60.0 Å². The molecule has 0 aromatic carbocycles. The van der Waals surface area contributed by atoms with Crippen LogP contribution in [0.25, 0.3) is 0 Å². The molecule has 3 nitrogen and oxygen atoms in total. The molecular weight excluding hydrogens is 256 g/mol. The van der Waals surface area contributed by atoms with E-state index in [0.29, 0.717) is 5.92 Å². The number of nitrogens with zero attached hydrogens (tertiary/aromatic N) is 2. The van der Waals surface area contributed by atoms with E-state index in [4.69, 9.17) is 4.98 Å². The fourth-order valence-corrected chi connectivity index (χ4v) is 3.22. The van der Waals surface area contributed by atoms with Gasteiger partial charge in [-0.25, -0.2) is 4.98 Å². The molecule has 1 N–H and O–H groups in total. The first kappa shape index (κ1) is 16.4. The molecule has 0 radical (unpaired) electrons. The molecule has 1 heterocycles. The van der Waals surface area contributed by atoms with E-state index in [1.165, 1.54) is 6.42 Å². The van der Waals surface area contributed by atoms with Crippen molar-refractivity contribution in [2.24, 2.45) is 5.92 Å². The van der Waals surface area contributed by atoms with Crippen LogP contribution in [0.4, 0.5) is 5.13 Å². The highest BCUT2D eigenvalue weighted by Gasteiger charge is 2.24. The highest BCUT2D eigenvalue weighted by atomic mass is 32.1. The minimum Gasteiger partial charge on any atom is -0.391 e. The number of hydrogen-bond acceptors (Lipinski definition) is 4. The van der Waals surface area contributed by atoms with Crippen LogP contribution in [0.3, 0.4) is 0 Å². The molecule has 19 heavy (non-hydrogen) atoms. The summed E-state index contributed by atoms with van der Waals surface area (Å²) in [6.45, 7) is 15.2. The van der Waals surface area contributed by atoms with Crippen molar-refractivity contribution < 1.29 is 5.11 Å². The number of anilines is 1. The number of aliphatic hydroxyl groups is 1. The largest absolute Gasteiger partial charge is 0.391 e. The van der Waals surface area contributed by atoms with Crippen LogP contribution in [0, 0.1) is 5.92 Å². The second kappa shape index (κ2) is 6.71. The summed E-state index contributed by atoms with van der Waals surface area (Å²) >= 11 is 1.64. The van der Waals surface area contributed by atoms with Crippen LogP contribution in [-0.4, -0.2) is 23.2 Å². The molecule has 1 rings (SSSR count). The maximum absolute atomic E-state index is 9.53. The van der Waals surface area contributed by atoms with Crippen LogP contribution in [0.5, 0.6) is 0 Å².